The van der Waals surface area contributed by atoms with Gasteiger partial charge < -0.3 is 9.32 Å². The first-order chi connectivity index (χ1) is 13.3. The molecule has 0 aliphatic heterocycles. The lowest BCUT2D eigenvalue weighted by Crippen LogP contribution is -2.37. The normalized spacial score (nSPS) is 11.0. The first kappa shape index (κ1) is 19.8. The van der Waals surface area contributed by atoms with E-state index in [4.69, 9.17) is 4.42 Å². The van der Waals surface area contributed by atoms with Crippen molar-refractivity contribution in [1.82, 2.24) is 19.7 Å². The molecule has 0 unspecified atom stereocenters. The van der Waals surface area contributed by atoms with Gasteiger partial charge in [-0.2, -0.15) is 5.10 Å². The number of anilines is 1. The topological polar surface area (TPSA) is 93.3 Å². The summed E-state index contributed by atoms with van der Waals surface area (Å²) >= 11 is 1.29. The van der Waals surface area contributed by atoms with Crippen molar-refractivity contribution in [3.63, 3.8) is 0 Å². The Morgan fingerprint density at radius 2 is 2.18 bits per heavy atom. The minimum absolute atomic E-state index is 0.0206. The maximum Gasteiger partial charge on any atom is 0.260 e. The van der Waals surface area contributed by atoms with Gasteiger partial charge in [0.15, 0.2) is 5.13 Å². The van der Waals surface area contributed by atoms with Gasteiger partial charge in [0, 0.05) is 36.8 Å². The molecule has 0 radical (unpaired) electrons. The lowest BCUT2D eigenvalue weighted by Gasteiger charge is -2.26. The zero-order valence-electron chi connectivity index (χ0n) is 16.3. The van der Waals surface area contributed by atoms with Gasteiger partial charge >= 0.3 is 0 Å². The van der Waals surface area contributed by atoms with Crippen LogP contribution in [-0.2, 0) is 24.8 Å². The molecule has 28 heavy (non-hydrogen) atoms. The summed E-state index contributed by atoms with van der Waals surface area (Å²) in [6.07, 6.45) is 5.31. The number of hydrogen-bond acceptors (Lipinski definition) is 6. The molecule has 0 aliphatic rings. The first-order valence-corrected chi connectivity index (χ1v) is 9.78. The van der Waals surface area contributed by atoms with E-state index in [9.17, 15) is 9.59 Å². The molecule has 0 aromatic carbocycles. The Hall–Kier alpha value is -2.94. The number of aryl methyl sites for hydroxylation is 2. The highest BCUT2D eigenvalue weighted by molar-refractivity contribution is 7.14. The highest BCUT2D eigenvalue weighted by Crippen LogP contribution is 2.19. The molecule has 3 aromatic heterocycles. The van der Waals surface area contributed by atoms with Crippen LogP contribution in [0.15, 0.2) is 34.5 Å². The number of nitrogens with zero attached hydrogens (tertiary/aromatic N) is 4. The van der Waals surface area contributed by atoms with Crippen molar-refractivity contribution in [3.05, 3.63) is 52.7 Å². The fraction of sp³-hybridized carbons (Fsp3) is 0.368. The van der Waals surface area contributed by atoms with Crippen LogP contribution in [0.3, 0.4) is 0 Å². The zero-order valence-corrected chi connectivity index (χ0v) is 17.1. The van der Waals surface area contributed by atoms with Crippen LogP contribution < -0.4 is 5.32 Å². The van der Waals surface area contributed by atoms with Crippen molar-refractivity contribution in [2.75, 3.05) is 5.32 Å². The predicted octanol–water partition coefficient (Wildman–Crippen LogP) is 3.01. The molecule has 9 heteroatoms. The number of carbonyl (C=O) groups excluding carboxylic acids is 2. The van der Waals surface area contributed by atoms with Crippen molar-refractivity contribution in [2.45, 2.75) is 39.8 Å². The number of furan rings is 1. The summed E-state index contributed by atoms with van der Waals surface area (Å²) in [4.78, 5) is 31.2. The zero-order chi connectivity index (χ0) is 20.3. The smallest absolute Gasteiger partial charge is 0.260 e. The summed E-state index contributed by atoms with van der Waals surface area (Å²) in [6.45, 7) is 6.18. The summed E-state index contributed by atoms with van der Waals surface area (Å²) < 4.78 is 6.86. The number of amides is 2. The minimum atomic E-state index is -0.279. The molecule has 0 saturated heterocycles. The minimum Gasteiger partial charge on any atom is -0.469 e. The maximum absolute atomic E-state index is 12.8. The molecule has 0 fully saturated rings. The molecule has 0 saturated carbocycles. The van der Waals surface area contributed by atoms with Crippen LogP contribution in [0.2, 0.25) is 0 Å². The van der Waals surface area contributed by atoms with Crippen molar-refractivity contribution in [1.29, 1.82) is 0 Å². The largest absolute Gasteiger partial charge is 0.469 e. The molecule has 1 N–H and O–H groups in total. The van der Waals surface area contributed by atoms with Crippen LogP contribution in [0.1, 0.15) is 41.2 Å². The van der Waals surface area contributed by atoms with Gasteiger partial charge in [0.25, 0.3) is 5.91 Å². The van der Waals surface area contributed by atoms with Gasteiger partial charge in [-0.05, 0) is 26.8 Å². The van der Waals surface area contributed by atoms with E-state index in [1.54, 1.807) is 34.1 Å². The Kier molecular flexibility index (Phi) is 5.93. The first-order valence-electron chi connectivity index (χ1n) is 8.90. The van der Waals surface area contributed by atoms with Crippen molar-refractivity contribution < 1.29 is 14.0 Å². The molecule has 8 nitrogen and oxygen atoms in total. The third-order valence-electron chi connectivity index (χ3n) is 4.26. The van der Waals surface area contributed by atoms with E-state index in [0.29, 0.717) is 28.7 Å². The van der Waals surface area contributed by atoms with Crippen LogP contribution in [0.4, 0.5) is 5.13 Å². The quantitative estimate of drug-likeness (QED) is 0.657. The standard InChI is InChI=1S/C19H23N5O3S/c1-12(2)24(10-14-8-20-23(4)9-14)17(25)7-15-11-28-19(21-15)22-18(26)16-5-6-27-13(16)3/h5-6,8-9,11-12H,7,10H2,1-4H3,(H,21,22,26). The number of aromatic nitrogens is 3. The predicted molar refractivity (Wildman–Crippen MR) is 106 cm³/mol. The van der Waals surface area contributed by atoms with E-state index in [2.05, 4.69) is 15.4 Å². The SMILES string of the molecule is Cc1occc1C(=O)Nc1nc(CC(=O)N(Cc2cnn(C)c2)C(C)C)cs1. The van der Waals surface area contributed by atoms with Crippen molar-refractivity contribution in [3.8, 4) is 0 Å². The van der Waals surface area contributed by atoms with Gasteiger partial charge in [0.2, 0.25) is 5.91 Å². The second kappa shape index (κ2) is 8.39. The van der Waals surface area contributed by atoms with Crippen LogP contribution in [0.5, 0.6) is 0 Å². The Labute approximate surface area is 167 Å². The molecular formula is C19H23N5O3S. The Bertz CT molecular complexity index is 972. The van der Waals surface area contributed by atoms with E-state index < -0.39 is 0 Å². The van der Waals surface area contributed by atoms with Gasteiger partial charge in [0.1, 0.15) is 5.76 Å². The number of nitrogens with one attached hydrogen (secondary N) is 1. The summed E-state index contributed by atoms with van der Waals surface area (Å²) in [5.41, 5.74) is 2.08. The highest BCUT2D eigenvalue weighted by atomic mass is 32.1. The number of hydrogen-bond donors (Lipinski definition) is 1. The summed E-state index contributed by atoms with van der Waals surface area (Å²) in [5.74, 6) is 0.249. The summed E-state index contributed by atoms with van der Waals surface area (Å²) in [7, 11) is 1.85. The molecule has 0 bridgehead atoms. The Morgan fingerprint density at radius 1 is 1.39 bits per heavy atom. The van der Waals surface area contributed by atoms with Gasteiger partial charge in [-0.25, -0.2) is 4.98 Å². The van der Waals surface area contributed by atoms with Gasteiger partial charge in [-0.3, -0.25) is 19.6 Å². The summed E-state index contributed by atoms with van der Waals surface area (Å²) in [5, 5.41) is 9.14. The molecule has 148 valence electrons. The maximum atomic E-state index is 12.8. The number of rotatable bonds is 7. The van der Waals surface area contributed by atoms with E-state index in [1.807, 2.05) is 27.1 Å². The fourth-order valence-corrected chi connectivity index (χ4v) is 3.50. The average Bonchev–Trinajstić information content (AvgIpc) is 3.34. The second-order valence-corrected chi connectivity index (χ2v) is 7.66. The molecule has 0 atom stereocenters. The summed E-state index contributed by atoms with van der Waals surface area (Å²) in [6, 6.07) is 1.66. The van der Waals surface area contributed by atoms with E-state index in [-0.39, 0.29) is 24.3 Å². The van der Waals surface area contributed by atoms with Crippen molar-refractivity contribution >= 4 is 28.3 Å². The van der Waals surface area contributed by atoms with Crippen LogP contribution in [0.25, 0.3) is 0 Å². The Balaban J connectivity index is 1.63. The molecule has 0 spiro atoms. The van der Waals surface area contributed by atoms with Gasteiger partial charge in [-0.15, -0.1) is 11.3 Å². The lowest BCUT2D eigenvalue weighted by atomic mass is 10.2. The monoisotopic (exact) mass is 401 g/mol. The number of thiazole rings is 1. The Morgan fingerprint density at radius 3 is 2.79 bits per heavy atom. The number of carbonyl (C=O) groups is 2. The molecule has 3 heterocycles. The third kappa shape index (κ3) is 4.66. The van der Waals surface area contributed by atoms with E-state index >= 15 is 0 Å². The van der Waals surface area contributed by atoms with Crippen LogP contribution in [-0.4, -0.2) is 37.5 Å². The van der Waals surface area contributed by atoms with Crippen molar-refractivity contribution in [2.24, 2.45) is 7.05 Å². The average molecular weight is 401 g/mol. The van der Waals surface area contributed by atoms with Crippen LogP contribution in [0, 0.1) is 6.92 Å². The van der Waals surface area contributed by atoms with E-state index in [1.165, 1.54) is 17.6 Å². The third-order valence-corrected chi connectivity index (χ3v) is 5.07. The molecule has 0 aliphatic carbocycles. The lowest BCUT2D eigenvalue weighted by molar-refractivity contribution is -0.132. The van der Waals surface area contributed by atoms with Gasteiger partial charge in [0.05, 0.1) is 30.1 Å². The fourth-order valence-electron chi connectivity index (χ4n) is 2.80. The van der Waals surface area contributed by atoms with Crippen LogP contribution >= 0.6 is 11.3 Å². The molecule has 3 aromatic rings. The molecular weight excluding hydrogens is 378 g/mol. The van der Waals surface area contributed by atoms with E-state index in [0.717, 1.165) is 5.56 Å². The molecule has 3 rings (SSSR count). The second-order valence-electron chi connectivity index (χ2n) is 6.80. The highest BCUT2D eigenvalue weighted by Gasteiger charge is 2.20. The molecule has 2 amide bonds. The van der Waals surface area contributed by atoms with Gasteiger partial charge in [-0.1, -0.05) is 0 Å².